The summed E-state index contributed by atoms with van der Waals surface area (Å²) >= 11 is 0. The number of carbonyl (C=O) groups is 1. The van der Waals surface area contributed by atoms with E-state index in [1.54, 1.807) is 19.3 Å². The molecule has 3 aromatic rings. The van der Waals surface area contributed by atoms with Crippen LogP contribution in [0.4, 0.5) is 0 Å². The molecule has 0 fully saturated rings. The summed E-state index contributed by atoms with van der Waals surface area (Å²) < 4.78 is 17.1. The Kier molecular flexibility index (Phi) is 10.6. The fourth-order valence-electron chi connectivity index (χ4n) is 5.02. The summed E-state index contributed by atoms with van der Waals surface area (Å²) in [6.07, 6.45) is 19.9. The van der Waals surface area contributed by atoms with E-state index in [1.807, 2.05) is 74.5 Å². The second kappa shape index (κ2) is 14.3. The van der Waals surface area contributed by atoms with Gasteiger partial charge in [0, 0.05) is 6.42 Å². The average molecular weight is 543 g/mol. The van der Waals surface area contributed by atoms with E-state index in [4.69, 9.17) is 33.5 Å². The van der Waals surface area contributed by atoms with Crippen molar-refractivity contribution in [2.24, 2.45) is 0 Å². The first-order valence-electron chi connectivity index (χ1n) is 13.1. The minimum atomic E-state index is -1.13. The van der Waals surface area contributed by atoms with Crippen molar-refractivity contribution in [3.63, 3.8) is 0 Å². The van der Waals surface area contributed by atoms with Crippen LogP contribution in [0.3, 0.4) is 0 Å². The Morgan fingerprint density at radius 3 is 2.05 bits per heavy atom. The van der Waals surface area contributed by atoms with Crippen molar-refractivity contribution in [3.05, 3.63) is 119 Å². The topological polar surface area (TPSA) is 44.8 Å². The molecule has 0 saturated heterocycles. The molecule has 0 aromatic heterocycles. The summed E-state index contributed by atoms with van der Waals surface area (Å²) in [5.41, 5.74) is 4.81. The molecule has 4 heteroatoms. The van der Waals surface area contributed by atoms with E-state index in [0.29, 0.717) is 17.9 Å². The minimum Gasteiger partial charge on any atom is -0.488 e. The Morgan fingerprint density at radius 1 is 0.854 bits per heavy atom. The third-order valence-electron chi connectivity index (χ3n) is 6.86. The molecule has 0 radical (unpaired) electrons. The van der Waals surface area contributed by atoms with Gasteiger partial charge in [0.2, 0.25) is 0 Å². The lowest BCUT2D eigenvalue weighted by atomic mass is 9.65. The second-order valence-electron chi connectivity index (χ2n) is 9.50. The predicted molar refractivity (Wildman–Crippen MR) is 165 cm³/mol. The molecular formula is C37H34O4. The van der Waals surface area contributed by atoms with Crippen molar-refractivity contribution in [1.82, 2.24) is 0 Å². The largest absolute Gasteiger partial charge is 0.488 e. The number of ketones is 1. The number of hydrogen-bond donors (Lipinski definition) is 0. The van der Waals surface area contributed by atoms with Crippen molar-refractivity contribution in [2.45, 2.75) is 32.6 Å². The van der Waals surface area contributed by atoms with Gasteiger partial charge in [-0.25, -0.2) is 0 Å². The standard InChI is InChI=1S/C37H34O4/c1-8-20-39-26-30(11-4)24-31-25-33(17-19-36(31)41-22-10-3)37(29(7)38,34-15-13-12-14-27(34)5)32-16-18-35(28(6)23-32)40-21-9-2/h1-3,11-19,23,25-26H,4,20-22,24H2,5-7H3/b30-26-. The second-order valence-corrected chi connectivity index (χ2v) is 9.50. The average Bonchev–Trinajstić information content (AvgIpc) is 2.97. The van der Waals surface area contributed by atoms with E-state index in [1.165, 1.54) is 0 Å². The summed E-state index contributed by atoms with van der Waals surface area (Å²) in [7, 11) is 0. The molecule has 3 aromatic carbocycles. The molecule has 0 N–H and O–H groups in total. The van der Waals surface area contributed by atoms with Gasteiger partial charge < -0.3 is 14.2 Å². The first kappa shape index (κ1) is 30.4. The van der Waals surface area contributed by atoms with Crippen molar-refractivity contribution < 1.29 is 19.0 Å². The zero-order chi connectivity index (χ0) is 29.8. The van der Waals surface area contributed by atoms with E-state index in [9.17, 15) is 4.79 Å². The lowest BCUT2D eigenvalue weighted by Crippen LogP contribution is -2.38. The molecule has 0 aliphatic heterocycles. The van der Waals surface area contributed by atoms with Gasteiger partial charge in [0.15, 0.2) is 0 Å². The predicted octanol–water partition coefficient (Wildman–Crippen LogP) is 6.51. The van der Waals surface area contributed by atoms with Crippen LogP contribution in [0.15, 0.2) is 85.2 Å². The Balaban J connectivity index is 2.33. The smallest absolute Gasteiger partial charge is 0.149 e. The quantitative estimate of drug-likeness (QED) is 0.0812. The summed E-state index contributed by atoms with van der Waals surface area (Å²) in [6.45, 7) is 9.89. The molecular weight excluding hydrogens is 508 g/mol. The Morgan fingerprint density at radius 2 is 1.46 bits per heavy atom. The molecule has 206 valence electrons. The maximum absolute atomic E-state index is 14.0. The van der Waals surface area contributed by atoms with Gasteiger partial charge in [-0.15, -0.1) is 19.3 Å². The van der Waals surface area contributed by atoms with E-state index < -0.39 is 5.41 Å². The van der Waals surface area contributed by atoms with Crippen LogP contribution in [-0.4, -0.2) is 25.6 Å². The SMILES string of the molecule is C#CCO/C=C(/C=C)Cc1cc(C(C(C)=O)(c2ccc(OCC#C)c(C)c2)c2ccccc2C)ccc1OCC#C. The lowest BCUT2D eigenvalue weighted by molar-refractivity contribution is -0.119. The zero-order valence-electron chi connectivity index (χ0n) is 23.8. The van der Waals surface area contributed by atoms with Gasteiger partial charge in [-0.1, -0.05) is 78.9 Å². The molecule has 4 nitrogen and oxygen atoms in total. The van der Waals surface area contributed by atoms with Gasteiger partial charge in [-0.3, -0.25) is 4.79 Å². The van der Waals surface area contributed by atoms with Crippen molar-refractivity contribution >= 4 is 5.78 Å². The van der Waals surface area contributed by atoms with Crippen LogP contribution in [-0.2, 0) is 21.4 Å². The van der Waals surface area contributed by atoms with Gasteiger partial charge in [0.1, 0.15) is 42.5 Å². The number of terminal acetylenes is 3. The van der Waals surface area contributed by atoms with Gasteiger partial charge >= 0.3 is 0 Å². The van der Waals surface area contributed by atoms with Crippen LogP contribution in [0, 0.1) is 50.9 Å². The third kappa shape index (κ3) is 6.73. The van der Waals surface area contributed by atoms with Crippen LogP contribution in [0.2, 0.25) is 0 Å². The molecule has 0 aliphatic rings. The molecule has 0 heterocycles. The Bertz CT molecular complexity index is 1570. The number of aryl methyl sites for hydroxylation is 2. The maximum atomic E-state index is 14.0. The highest BCUT2D eigenvalue weighted by Gasteiger charge is 2.42. The molecule has 1 unspecified atom stereocenters. The first-order valence-corrected chi connectivity index (χ1v) is 13.1. The fraction of sp³-hybridized carbons (Fsp3) is 0.216. The molecule has 0 amide bonds. The number of Topliss-reactive ketones (excluding diaryl/α,β-unsaturated/α-hetero) is 1. The molecule has 0 aliphatic carbocycles. The van der Waals surface area contributed by atoms with Crippen LogP contribution < -0.4 is 9.47 Å². The molecule has 41 heavy (non-hydrogen) atoms. The summed E-state index contributed by atoms with van der Waals surface area (Å²) in [4.78, 5) is 14.0. The fourth-order valence-corrected chi connectivity index (χ4v) is 5.02. The van der Waals surface area contributed by atoms with Crippen molar-refractivity contribution in [3.8, 4) is 48.5 Å². The number of hydrogen-bond acceptors (Lipinski definition) is 4. The molecule has 3 rings (SSSR count). The number of carbonyl (C=O) groups excluding carboxylic acids is 1. The zero-order valence-corrected chi connectivity index (χ0v) is 23.8. The van der Waals surface area contributed by atoms with Gasteiger partial charge in [0.25, 0.3) is 0 Å². The van der Waals surface area contributed by atoms with Crippen molar-refractivity contribution in [1.29, 1.82) is 0 Å². The minimum absolute atomic E-state index is 0.0384. The van der Waals surface area contributed by atoms with Crippen LogP contribution in [0.5, 0.6) is 11.5 Å². The van der Waals surface area contributed by atoms with Crippen LogP contribution >= 0.6 is 0 Å². The highest BCUT2D eigenvalue weighted by molar-refractivity contribution is 5.96. The van der Waals surface area contributed by atoms with E-state index >= 15 is 0 Å². The van der Waals surface area contributed by atoms with Gasteiger partial charge in [-0.05, 0) is 71.9 Å². The summed E-state index contributed by atoms with van der Waals surface area (Å²) in [5.74, 6) is 8.70. The van der Waals surface area contributed by atoms with E-state index in [-0.39, 0.29) is 25.6 Å². The van der Waals surface area contributed by atoms with Crippen LogP contribution in [0.25, 0.3) is 0 Å². The number of ether oxygens (including phenoxy) is 3. The molecule has 0 spiro atoms. The summed E-state index contributed by atoms with van der Waals surface area (Å²) in [6, 6.07) is 19.5. The molecule has 0 saturated carbocycles. The van der Waals surface area contributed by atoms with E-state index in [0.717, 1.165) is 39.0 Å². The van der Waals surface area contributed by atoms with Gasteiger partial charge in [0.05, 0.1) is 6.26 Å². The third-order valence-corrected chi connectivity index (χ3v) is 6.86. The normalized spacial score (nSPS) is 12.1. The summed E-state index contributed by atoms with van der Waals surface area (Å²) in [5, 5.41) is 0. The number of benzene rings is 3. The maximum Gasteiger partial charge on any atom is 0.149 e. The number of rotatable bonds is 13. The Hall–Kier alpha value is -5.11. The monoisotopic (exact) mass is 542 g/mol. The van der Waals surface area contributed by atoms with Crippen molar-refractivity contribution in [2.75, 3.05) is 19.8 Å². The number of allylic oxidation sites excluding steroid dienone is 2. The molecule has 0 bridgehead atoms. The lowest BCUT2D eigenvalue weighted by Gasteiger charge is -2.35. The van der Waals surface area contributed by atoms with Crippen LogP contribution in [0.1, 0.15) is 40.3 Å². The highest BCUT2D eigenvalue weighted by atomic mass is 16.5. The molecule has 1 atom stereocenters. The Labute approximate surface area is 244 Å². The van der Waals surface area contributed by atoms with E-state index in [2.05, 4.69) is 24.3 Å². The first-order chi connectivity index (χ1) is 19.8. The highest BCUT2D eigenvalue weighted by Crippen LogP contribution is 2.44. The van der Waals surface area contributed by atoms with Gasteiger partial charge in [-0.2, -0.15) is 0 Å².